The molecule has 3 rings (SSSR count). The number of ether oxygens (including phenoxy) is 1. The molecule has 0 saturated carbocycles. The Morgan fingerprint density at radius 1 is 1.00 bits per heavy atom. The first-order valence-electron chi connectivity index (χ1n) is 9.81. The highest BCUT2D eigenvalue weighted by Gasteiger charge is 2.26. The first kappa shape index (κ1) is 22.0. The van der Waals surface area contributed by atoms with Crippen LogP contribution < -0.4 is 5.32 Å². The molecule has 2 aromatic rings. The molecule has 7 nitrogen and oxygen atoms in total. The fraction of sp³-hybridized carbons (Fsp3) is 0.364. The number of carbonyl (C=O) groups is 2. The summed E-state index contributed by atoms with van der Waals surface area (Å²) in [5.74, 6) is -1.56. The Kier molecular flexibility index (Phi) is 6.89. The van der Waals surface area contributed by atoms with Crippen LogP contribution in [0, 0.1) is 0 Å². The van der Waals surface area contributed by atoms with Gasteiger partial charge in [0.05, 0.1) is 18.0 Å². The number of anilines is 1. The first-order chi connectivity index (χ1) is 14.2. The summed E-state index contributed by atoms with van der Waals surface area (Å²) >= 11 is 0. The van der Waals surface area contributed by atoms with Crippen molar-refractivity contribution < 1.29 is 22.7 Å². The molecule has 1 aliphatic rings. The van der Waals surface area contributed by atoms with E-state index < -0.39 is 21.5 Å². The molecule has 1 heterocycles. The maximum atomic E-state index is 12.7. The molecule has 1 N–H and O–H groups in total. The van der Waals surface area contributed by atoms with Crippen LogP contribution in [0.15, 0.2) is 54.6 Å². The van der Waals surface area contributed by atoms with Crippen LogP contribution in [0.25, 0.3) is 0 Å². The van der Waals surface area contributed by atoms with Crippen molar-refractivity contribution in [3.05, 3.63) is 65.7 Å². The summed E-state index contributed by atoms with van der Waals surface area (Å²) in [6, 6.07) is 15.2. The van der Waals surface area contributed by atoms with Gasteiger partial charge in [-0.05, 0) is 43.7 Å². The number of morpholine rings is 1. The van der Waals surface area contributed by atoms with E-state index >= 15 is 0 Å². The van der Waals surface area contributed by atoms with Gasteiger partial charge in [-0.25, -0.2) is 8.42 Å². The monoisotopic (exact) mass is 430 g/mol. The Labute approximate surface area is 177 Å². The summed E-state index contributed by atoms with van der Waals surface area (Å²) in [5.41, 5.74) is 1.58. The molecule has 30 heavy (non-hydrogen) atoms. The van der Waals surface area contributed by atoms with E-state index in [0.29, 0.717) is 29.9 Å². The van der Waals surface area contributed by atoms with Gasteiger partial charge in [0.25, 0.3) is 5.91 Å². The number of carbonyl (C=O) groups excluding carboxylic acids is 2. The van der Waals surface area contributed by atoms with Crippen LogP contribution in [0.5, 0.6) is 0 Å². The van der Waals surface area contributed by atoms with E-state index in [4.69, 9.17) is 4.74 Å². The molecule has 160 valence electrons. The van der Waals surface area contributed by atoms with Crippen molar-refractivity contribution in [3.8, 4) is 0 Å². The van der Waals surface area contributed by atoms with Crippen molar-refractivity contribution in [1.29, 1.82) is 0 Å². The predicted octanol–water partition coefficient (Wildman–Crippen LogP) is 2.49. The average Bonchev–Trinajstić information content (AvgIpc) is 2.67. The number of nitrogens with zero attached hydrogens (tertiary/aromatic N) is 1. The third-order valence-electron chi connectivity index (χ3n) is 4.70. The molecule has 8 heteroatoms. The number of hydrogen-bond acceptors (Lipinski definition) is 5. The Hall–Kier alpha value is -2.71. The zero-order valence-corrected chi connectivity index (χ0v) is 17.9. The van der Waals surface area contributed by atoms with Gasteiger partial charge in [-0.3, -0.25) is 9.59 Å². The normalized spacial score (nSPS) is 19.3. The van der Waals surface area contributed by atoms with Gasteiger partial charge in [0.1, 0.15) is 5.75 Å². The van der Waals surface area contributed by atoms with Crippen molar-refractivity contribution in [3.63, 3.8) is 0 Å². The number of hydrogen-bond donors (Lipinski definition) is 1. The van der Waals surface area contributed by atoms with Gasteiger partial charge < -0.3 is 15.0 Å². The number of sulfone groups is 1. The van der Waals surface area contributed by atoms with Crippen molar-refractivity contribution in [1.82, 2.24) is 4.90 Å². The standard InChI is InChI=1S/C22H26N2O5S/c1-16-12-24(13-17(2)29-16)22(26)19-10-8-18(9-11-19)14-30(27,28)15-21(25)23-20-6-4-3-5-7-20/h3-11,16-17H,12-15H2,1-2H3,(H,23,25). The molecule has 2 atom stereocenters. The Balaban J connectivity index is 1.59. The van der Waals surface area contributed by atoms with Crippen molar-refractivity contribution >= 4 is 27.3 Å². The van der Waals surface area contributed by atoms with E-state index in [9.17, 15) is 18.0 Å². The van der Waals surface area contributed by atoms with Gasteiger partial charge in [0, 0.05) is 24.3 Å². The zero-order chi connectivity index (χ0) is 21.7. The zero-order valence-electron chi connectivity index (χ0n) is 17.1. The maximum absolute atomic E-state index is 12.7. The quantitative estimate of drug-likeness (QED) is 0.760. The summed E-state index contributed by atoms with van der Waals surface area (Å²) < 4.78 is 30.4. The number of amides is 2. The third-order valence-corrected chi connectivity index (χ3v) is 6.18. The summed E-state index contributed by atoms with van der Waals surface area (Å²) in [7, 11) is -3.65. The van der Waals surface area contributed by atoms with Crippen LogP contribution in [0.1, 0.15) is 29.8 Å². The lowest BCUT2D eigenvalue weighted by atomic mass is 10.1. The Morgan fingerprint density at radius 3 is 2.20 bits per heavy atom. The predicted molar refractivity (Wildman–Crippen MR) is 115 cm³/mol. The second kappa shape index (κ2) is 9.40. The smallest absolute Gasteiger partial charge is 0.254 e. The fourth-order valence-corrected chi connectivity index (χ4v) is 4.77. The highest BCUT2D eigenvalue weighted by molar-refractivity contribution is 7.91. The molecule has 2 amide bonds. The van der Waals surface area contributed by atoms with Gasteiger partial charge in [-0.15, -0.1) is 0 Å². The van der Waals surface area contributed by atoms with Gasteiger partial charge in [0.2, 0.25) is 5.91 Å². The number of para-hydroxylation sites is 1. The molecule has 1 aliphatic heterocycles. The highest BCUT2D eigenvalue weighted by Crippen LogP contribution is 2.16. The average molecular weight is 431 g/mol. The van der Waals surface area contributed by atoms with Crippen LogP contribution in [-0.4, -0.2) is 56.2 Å². The van der Waals surface area contributed by atoms with E-state index in [1.165, 1.54) is 0 Å². The lowest BCUT2D eigenvalue weighted by molar-refractivity contribution is -0.113. The second-order valence-electron chi connectivity index (χ2n) is 7.61. The third kappa shape index (κ3) is 6.14. The van der Waals surface area contributed by atoms with Crippen LogP contribution >= 0.6 is 0 Å². The molecular weight excluding hydrogens is 404 g/mol. The largest absolute Gasteiger partial charge is 0.372 e. The van der Waals surface area contributed by atoms with Crippen LogP contribution in [0.2, 0.25) is 0 Å². The maximum Gasteiger partial charge on any atom is 0.254 e. The summed E-state index contributed by atoms with van der Waals surface area (Å²) in [6.45, 7) is 4.90. The summed E-state index contributed by atoms with van der Waals surface area (Å²) in [5, 5.41) is 2.57. The number of benzene rings is 2. The fourth-order valence-electron chi connectivity index (χ4n) is 3.49. The molecule has 1 saturated heterocycles. The Bertz CT molecular complexity index is 980. The van der Waals surface area contributed by atoms with E-state index in [1.807, 2.05) is 13.8 Å². The van der Waals surface area contributed by atoms with E-state index in [0.717, 1.165) is 0 Å². The van der Waals surface area contributed by atoms with Crippen LogP contribution in [0.4, 0.5) is 5.69 Å². The molecule has 2 unspecified atom stereocenters. The lowest BCUT2D eigenvalue weighted by Gasteiger charge is -2.35. The topological polar surface area (TPSA) is 92.8 Å². The van der Waals surface area contributed by atoms with E-state index in [1.54, 1.807) is 59.5 Å². The minimum atomic E-state index is -3.65. The van der Waals surface area contributed by atoms with Gasteiger partial charge in [0.15, 0.2) is 9.84 Å². The summed E-state index contributed by atoms with van der Waals surface area (Å²) in [6.07, 6.45) is -0.0479. The first-order valence-corrected chi connectivity index (χ1v) is 11.6. The molecular formula is C22H26N2O5S. The number of nitrogens with one attached hydrogen (secondary N) is 1. The summed E-state index contributed by atoms with van der Waals surface area (Å²) in [4.78, 5) is 26.5. The lowest BCUT2D eigenvalue weighted by Crippen LogP contribution is -2.48. The molecule has 0 spiro atoms. The minimum Gasteiger partial charge on any atom is -0.372 e. The van der Waals surface area contributed by atoms with E-state index in [-0.39, 0.29) is 23.9 Å². The van der Waals surface area contributed by atoms with Gasteiger partial charge in [-0.2, -0.15) is 0 Å². The molecule has 0 bridgehead atoms. The van der Waals surface area contributed by atoms with Gasteiger partial charge >= 0.3 is 0 Å². The van der Waals surface area contributed by atoms with Crippen LogP contribution in [-0.2, 0) is 25.1 Å². The Morgan fingerprint density at radius 2 is 1.60 bits per heavy atom. The minimum absolute atomic E-state index is 0.0239. The van der Waals surface area contributed by atoms with Crippen molar-refractivity contribution in [2.45, 2.75) is 31.8 Å². The molecule has 0 radical (unpaired) electrons. The molecule has 0 aliphatic carbocycles. The van der Waals surface area contributed by atoms with Crippen molar-refractivity contribution in [2.75, 3.05) is 24.2 Å². The molecule has 1 fully saturated rings. The SMILES string of the molecule is CC1CN(C(=O)c2ccc(CS(=O)(=O)CC(=O)Nc3ccccc3)cc2)CC(C)O1. The number of rotatable bonds is 6. The second-order valence-corrected chi connectivity index (χ2v) is 9.68. The van der Waals surface area contributed by atoms with Crippen molar-refractivity contribution in [2.24, 2.45) is 0 Å². The molecule has 2 aromatic carbocycles. The van der Waals surface area contributed by atoms with E-state index in [2.05, 4.69) is 5.32 Å². The van der Waals surface area contributed by atoms with Crippen LogP contribution in [0.3, 0.4) is 0 Å². The van der Waals surface area contributed by atoms with Gasteiger partial charge in [-0.1, -0.05) is 30.3 Å². The highest BCUT2D eigenvalue weighted by atomic mass is 32.2. The molecule has 0 aromatic heterocycles.